The van der Waals surface area contributed by atoms with Crippen molar-refractivity contribution in [3.8, 4) is 0 Å². The Morgan fingerprint density at radius 3 is 0.808 bits per heavy atom. The van der Waals surface area contributed by atoms with Crippen LogP contribution >= 0.6 is 0 Å². The van der Waals surface area contributed by atoms with Gasteiger partial charge in [-0.2, -0.15) is 37.6 Å². The molecular formula is C61H86Ga2HfN6O3. The summed E-state index contributed by atoms with van der Waals surface area (Å²) in [6.07, 6.45) is 4.11. The van der Waals surface area contributed by atoms with Gasteiger partial charge in [0.1, 0.15) is 0 Å². The van der Waals surface area contributed by atoms with E-state index in [9.17, 15) is 0 Å². The van der Waals surface area contributed by atoms with Crippen molar-refractivity contribution in [2.45, 2.75) is 145 Å². The molecule has 0 aliphatic rings. The summed E-state index contributed by atoms with van der Waals surface area (Å²) in [5.74, 6) is 0. The largest absolute Gasteiger partial charge is 4.00 e. The van der Waals surface area contributed by atoms with Gasteiger partial charge in [0, 0.05) is 11.4 Å². The zero-order chi connectivity index (χ0) is 50.8. The molecule has 0 aromatic heterocycles. The van der Waals surface area contributed by atoms with Gasteiger partial charge >= 0.3 is 65.4 Å². The van der Waals surface area contributed by atoms with Crippen LogP contribution in [0.4, 0.5) is 22.7 Å². The molecule has 0 spiro atoms. The predicted octanol–water partition coefficient (Wildman–Crippen LogP) is 18.2. The molecule has 5 rings (SSSR count). The molecule has 0 bridgehead atoms. The molecule has 9 nitrogen and oxygen atoms in total. The number of allylic oxidation sites excluding steroid dienone is 4. The van der Waals surface area contributed by atoms with Crippen molar-refractivity contribution in [1.29, 1.82) is 0 Å². The van der Waals surface area contributed by atoms with Crippen molar-refractivity contribution in [1.82, 2.24) is 0 Å². The first-order valence-corrected chi connectivity index (χ1v) is 24.1. The van der Waals surface area contributed by atoms with Crippen molar-refractivity contribution in [3.63, 3.8) is 0 Å². The molecule has 0 saturated heterocycles. The fourth-order valence-corrected chi connectivity index (χ4v) is 7.82. The molecule has 0 saturated carbocycles. The van der Waals surface area contributed by atoms with Gasteiger partial charge in [0.25, 0.3) is 0 Å². The van der Waals surface area contributed by atoms with Crippen LogP contribution in [0.25, 0.3) is 21.3 Å². The molecule has 73 heavy (non-hydrogen) atoms. The third kappa shape index (κ3) is 32.5. The Balaban J connectivity index is -0.000000219. The Morgan fingerprint density at radius 1 is 0.384 bits per heavy atom. The fourth-order valence-electron chi connectivity index (χ4n) is 7.82. The minimum Gasteiger partial charge on any atom is -2.00 e. The fraction of sp³-hybridized carbons (Fsp3) is 0.410. The molecule has 0 unspecified atom stereocenters. The standard InChI is InChI=1S/2C23H29N2.C7H8.2C4H10N.2Ga.Hf.3O/c2*1-14-9-16(3)22(17(4)10-14)24-20(7)13-21(8)25-23-18(5)11-15(2)12-19(23)6;1-7-5-3-2-4-6-7;2*1-3-5-4-2;;;;;;/h2*9-13H,1-8H3;2-6H,1H3;2*3-4H2,1-2H3;;;;;;/q2*-1;;2*-1;2*+3;+4;3*-2/b2*20-13-,25-21?;;;;;;;;;. The van der Waals surface area contributed by atoms with Crippen LogP contribution < -0.4 is 0 Å². The van der Waals surface area contributed by atoms with Gasteiger partial charge in [-0.15, -0.1) is 11.4 Å². The molecule has 0 fully saturated rings. The Hall–Kier alpha value is -3.54. The van der Waals surface area contributed by atoms with E-state index in [1.807, 2.05) is 73.6 Å². The molecule has 0 amide bonds. The SMILES string of the molecule is CC(/C=C(/C)[N-]c1c(C)cc(C)cc1C)=Nc1c(C)cc(C)cc1C.CC(/C=C(/C)[N-]c1c(C)cc(C)cc1C)=Nc1c(C)cc(C)cc1C.CC[N-]CC.CC[N-]CC.Cc1ccccc1.[Ga+3].[Ga+3].[Hf+4].[O-2].[O-2].[O-2]. The van der Waals surface area contributed by atoms with E-state index in [4.69, 9.17) is 20.6 Å². The number of hydrogen-bond donors (Lipinski definition) is 0. The maximum atomic E-state index is 4.82. The van der Waals surface area contributed by atoms with Crippen LogP contribution in [-0.2, 0) is 42.3 Å². The summed E-state index contributed by atoms with van der Waals surface area (Å²) in [7, 11) is 0. The quantitative estimate of drug-likeness (QED) is 0.0858. The van der Waals surface area contributed by atoms with E-state index in [0.717, 1.165) is 71.7 Å². The third-order valence-electron chi connectivity index (χ3n) is 10.4. The second kappa shape index (κ2) is 43.7. The molecule has 388 valence electrons. The third-order valence-corrected chi connectivity index (χ3v) is 10.4. The Morgan fingerprint density at radius 2 is 0.616 bits per heavy atom. The Bertz CT molecular complexity index is 2200. The molecule has 0 atom stereocenters. The maximum Gasteiger partial charge on any atom is 4.00 e. The summed E-state index contributed by atoms with van der Waals surface area (Å²) in [6.45, 7) is 47.7. The van der Waals surface area contributed by atoms with E-state index in [2.05, 4.69) is 173 Å². The monoisotopic (exact) mass is 1270 g/mol. The molecule has 0 N–H and O–H groups in total. The van der Waals surface area contributed by atoms with Crippen LogP contribution in [0.1, 0.15) is 128 Å². The van der Waals surface area contributed by atoms with E-state index < -0.39 is 0 Å². The van der Waals surface area contributed by atoms with Gasteiger partial charge in [-0.25, -0.2) is 0 Å². The van der Waals surface area contributed by atoms with E-state index in [1.165, 1.54) is 72.3 Å². The molecular weight excluding hydrogens is 1180 g/mol. The molecule has 12 heteroatoms. The van der Waals surface area contributed by atoms with E-state index >= 15 is 0 Å². The second-order valence-corrected chi connectivity index (χ2v) is 17.7. The van der Waals surface area contributed by atoms with E-state index in [0.29, 0.717) is 0 Å². The number of aryl methyl sites for hydroxylation is 13. The summed E-state index contributed by atoms with van der Waals surface area (Å²) in [5, 5.41) is 17.6. The van der Waals surface area contributed by atoms with Crippen LogP contribution in [0.2, 0.25) is 0 Å². The van der Waals surface area contributed by atoms with E-state index in [1.54, 1.807) is 0 Å². The number of nitrogens with zero attached hydrogens (tertiary/aromatic N) is 6. The van der Waals surface area contributed by atoms with Crippen LogP contribution in [0, 0.1) is 90.0 Å². The molecule has 0 aliphatic heterocycles. The molecule has 5 aromatic carbocycles. The van der Waals surface area contributed by atoms with E-state index in [-0.39, 0.29) is 81.9 Å². The Kier molecular flexibility index (Phi) is 48.4. The average molecular weight is 1270 g/mol. The van der Waals surface area contributed by atoms with Gasteiger partial charge in [-0.05, 0) is 126 Å². The first-order valence-electron chi connectivity index (χ1n) is 24.1. The molecule has 0 radical (unpaired) electrons. The number of benzene rings is 5. The normalized spacial score (nSPS) is 10.5. The van der Waals surface area contributed by atoms with Gasteiger partial charge in [0.05, 0.1) is 11.4 Å². The van der Waals surface area contributed by atoms with Gasteiger partial charge in [0.2, 0.25) is 0 Å². The second-order valence-electron chi connectivity index (χ2n) is 17.7. The van der Waals surface area contributed by atoms with Crippen molar-refractivity contribution in [3.05, 3.63) is 196 Å². The molecule has 0 aliphatic carbocycles. The zero-order valence-corrected chi connectivity index (χ0v) is 57.0. The summed E-state index contributed by atoms with van der Waals surface area (Å²) >= 11 is 0. The maximum absolute atomic E-state index is 4.82. The first-order chi connectivity index (χ1) is 31.6. The molecule has 0 heterocycles. The van der Waals surface area contributed by atoms with Crippen molar-refractivity contribution in [2.75, 3.05) is 26.2 Å². The zero-order valence-electron chi connectivity index (χ0n) is 48.6. The summed E-state index contributed by atoms with van der Waals surface area (Å²) in [4.78, 5) is 9.64. The van der Waals surface area contributed by atoms with Crippen molar-refractivity contribution < 1.29 is 42.3 Å². The topological polar surface area (TPSA) is 167 Å². The van der Waals surface area contributed by atoms with Gasteiger partial charge < -0.3 is 37.7 Å². The molecule has 5 aromatic rings. The summed E-state index contributed by atoms with van der Waals surface area (Å²) in [6, 6.07) is 27.7. The van der Waals surface area contributed by atoms with Crippen LogP contribution in [-0.4, -0.2) is 77.2 Å². The van der Waals surface area contributed by atoms with Crippen LogP contribution in [0.5, 0.6) is 0 Å². The van der Waals surface area contributed by atoms with Gasteiger partial charge in [-0.3, -0.25) is 9.98 Å². The average Bonchev–Trinajstić information content (AvgIpc) is 3.22. The summed E-state index contributed by atoms with van der Waals surface area (Å²) in [5.41, 5.74) is 24.3. The minimum absolute atomic E-state index is 0. The minimum atomic E-state index is 0. The predicted molar refractivity (Wildman–Crippen MR) is 315 cm³/mol. The number of aliphatic imine (C=N–C) groups is 2. The van der Waals surface area contributed by atoms with Gasteiger partial charge in [0.15, 0.2) is 0 Å². The Labute approximate surface area is 489 Å². The first kappa shape index (κ1) is 80.8. The van der Waals surface area contributed by atoms with Crippen molar-refractivity contribution in [2.24, 2.45) is 9.98 Å². The number of rotatable bonds is 12. The summed E-state index contributed by atoms with van der Waals surface area (Å²) < 4.78 is 0. The van der Waals surface area contributed by atoms with Crippen molar-refractivity contribution >= 4 is 73.8 Å². The van der Waals surface area contributed by atoms with Gasteiger partial charge in [-0.1, -0.05) is 183 Å². The smallest absolute Gasteiger partial charge is 2.00 e. The van der Waals surface area contributed by atoms with Crippen LogP contribution in [0.3, 0.4) is 0 Å². The van der Waals surface area contributed by atoms with Crippen LogP contribution in [0.15, 0.2) is 112 Å². The number of hydrogen-bond acceptors (Lipinski definition) is 2.